The number of aromatic nitrogens is 1. The molecule has 2 aromatic carbocycles. The van der Waals surface area contributed by atoms with Gasteiger partial charge in [-0.1, -0.05) is 0 Å². The maximum absolute atomic E-state index is 14.3. The number of rotatable bonds is 5. The van der Waals surface area contributed by atoms with Crippen molar-refractivity contribution in [3.05, 3.63) is 71.3 Å². The van der Waals surface area contributed by atoms with Gasteiger partial charge in [0.25, 0.3) is 0 Å². The molecule has 30 heavy (non-hydrogen) atoms. The fourth-order valence-corrected chi connectivity index (χ4v) is 3.59. The maximum atomic E-state index is 14.3. The van der Waals surface area contributed by atoms with Crippen LogP contribution in [0.1, 0.15) is 29.5 Å². The van der Waals surface area contributed by atoms with Crippen LogP contribution in [0.3, 0.4) is 0 Å². The minimum absolute atomic E-state index is 0.108. The van der Waals surface area contributed by atoms with Crippen LogP contribution in [0.5, 0.6) is 5.75 Å². The van der Waals surface area contributed by atoms with Gasteiger partial charge in [-0.25, -0.2) is 4.39 Å². The smallest absolute Gasteiger partial charge is 0.417 e. The Balaban J connectivity index is 1.35. The van der Waals surface area contributed by atoms with Crippen molar-refractivity contribution in [1.29, 1.82) is 5.26 Å². The largest absolute Gasteiger partial charge is 0.490 e. The summed E-state index contributed by atoms with van der Waals surface area (Å²) in [7, 11) is 0. The monoisotopic (exact) mass is 415 g/mol. The molecule has 0 radical (unpaired) electrons. The fraction of sp³-hybridized carbons (Fsp3) is 0.273. The molecule has 0 aliphatic heterocycles. The summed E-state index contributed by atoms with van der Waals surface area (Å²) < 4.78 is 58.6. The molecule has 1 N–H and O–H groups in total. The van der Waals surface area contributed by atoms with E-state index in [0.29, 0.717) is 24.9 Å². The molecule has 8 heteroatoms. The van der Waals surface area contributed by atoms with Crippen LogP contribution in [0, 0.1) is 17.1 Å². The zero-order valence-corrected chi connectivity index (χ0v) is 15.7. The number of hydrogen-bond acceptors (Lipinski definition) is 4. The van der Waals surface area contributed by atoms with Gasteiger partial charge in [0.05, 0.1) is 17.2 Å². The summed E-state index contributed by atoms with van der Waals surface area (Å²) in [6.45, 7) is 0.351. The van der Waals surface area contributed by atoms with Crippen molar-refractivity contribution in [2.45, 2.75) is 37.7 Å². The van der Waals surface area contributed by atoms with Gasteiger partial charge >= 0.3 is 6.18 Å². The zero-order chi connectivity index (χ0) is 21.3. The van der Waals surface area contributed by atoms with Gasteiger partial charge in [0.2, 0.25) is 0 Å². The first kappa shape index (κ1) is 20.1. The molecule has 4 nitrogen and oxygen atoms in total. The molecule has 1 fully saturated rings. The predicted molar refractivity (Wildman–Crippen MR) is 102 cm³/mol. The quantitative estimate of drug-likeness (QED) is 0.598. The van der Waals surface area contributed by atoms with E-state index in [1.807, 2.05) is 0 Å². The Bertz CT molecular complexity index is 1120. The minimum atomic E-state index is -4.58. The number of nitrogens with one attached hydrogen (secondary N) is 1. The number of fused-ring (bicyclic) bond motifs is 1. The van der Waals surface area contributed by atoms with E-state index in [-0.39, 0.29) is 23.7 Å². The fourth-order valence-electron chi connectivity index (χ4n) is 3.59. The average molecular weight is 415 g/mol. The lowest BCUT2D eigenvalue weighted by atomic mass is 9.89. The van der Waals surface area contributed by atoms with Crippen molar-refractivity contribution < 1.29 is 22.3 Å². The Morgan fingerprint density at radius 1 is 1.17 bits per heavy atom. The highest BCUT2D eigenvalue weighted by atomic mass is 19.4. The Labute approximate surface area is 170 Å². The molecule has 1 aliphatic carbocycles. The number of nitrogens with zero attached hydrogens (tertiary/aromatic N) is 2. The van der Waals surface area contributed by atoms with Gasteiger partial charge in [-0.2, -0.15) is 18.4 Å². The molecule has 4 rings (SSSR count). The number of ether oxygens (including phenoxy) is 1. The van der Waals surface area contributed by atoms with Crippen molar-refractivity contribution in [2.75, 3.05) is 0 Å². The van der Waals surface area contributed by atoms with E-state index in [9.17, 15) is 17.6 Å². The molecule has 0 atom stereocenters. The normalized spacial score (nSPS) is 18.6. The molecule has 3 aromatic rings. The van der Waals surface area contributed by atoms with Crippen LogP contribution in [-0.4, -0.2) is 17.1 Å². The van der Waals surface area contributed by atoms with Crippen LogP contribution in [0.2, 0.25) is 0 Å². The van der Waals surface area contributed by atoms with Gasteiger partial charge in [-0.15, -0.1) is 0 Å². The number of hydrogen-bond donors (Lipinski definition) is 1. The van der Waals surface area contributed by atoms with Gasteiger partial charge in [-0.05, 0) is 54.6 Å². The van der Waals surface area contributed by atoms with E-state index in [1.54, 1.807) is 30.6 Å². The molecule has 1 heterocycles. The van der Waals surface area contributed by atoms with E-state index in [4.69, 9.17) is 10.00 Å². The maximum Gasteiger partial charge on any atom is 0.417 e. The van der Waals surface area contributed by atoms with Crippen molar-refractivity contribution in [3.8, 4) is 11.8 Å². The predicted octanol–water partition coefficient (Wildman–Crippen LogP) is 4.96. The van der Waals surface area contributed by atoms with E-state index in [1.165, 1.54) is 12.1 Å². The van der Waals surface area contributed by atoms with Crippen LogP contribution in [0.15, 0.2) is 48.8 Å². The molecule has 0 bridgehead atoms. The van der Waals surface area contributed by atoms with E-state index in [2.05, 4.69) is 10.3 Å². The second kappa shape index (κ2) is 7.92. The van der Waals surface area contributed by atoms with Crippen molar-refractivity contribution >= 4 is 10.8 Å². The number of pyridine rings is 1. The van der Waals surface area contributed by atoms with Crippen LogP contribution >= 0.6 is 0 Å². The lowest BCUT2D eigenvalue weighted by Crippen LogP contribution is -2.46. The summed E-state index contributed by atoms with van der Waals surface area (Å²) in [5.74, 6) is -0.0577. The summed E-state index contributed by atoms with van der Waals surface area (Å²) in [6, 6.07) is 9.76. The SMILES string of the molecule is N#Cc1cc(O[C@H]2C[C@H](NCc3c(F)ccc4cnccc34)C2)ccc1C(F)(F)F. The standard InChI is InChI=1S/C22H17F4N3O/c23-21-4-1-13-11-28-6-5-18(13)19(21)12-29-15-8-17(9-15)30-16-2-3-20(22(24,25)26)14(7-16)10-27/h1-7,11,15,17,29H,8-9,12H2/t15-,17-. The Kier molecular flexibility index (Phi) is 5.31. The minimum Gasteiger partial charge on any atom is -0.490 e. The molecule has 1 aliphatic rings. The third-order valence-electron chi connectivity index (χ3n) is 5.26. The average Bonchev–Trinajstić information content (AvgIpc) is 2.69. The Hall–Kier alpha value is -3.18. The first-order valence-electron chi connectivity index (χ1n) is 9.37. The van der Waals surface area contributed by atoms with E-state index >= 15 is 0 Å². The van der Waals surface area contributed by atoms with Gasteiger partial charge in [0, 0.05) is 35.9 Å². The Morgan fingerprint density at radius 3 is 2.70 bits per heavy atom. The van der Waals surface area contributed by atoms with E-state index < -0.39 is 17.3 Å². The molecule has 0 saturated heterocycles. The summed E-state index contributed by atoms with van der Waals surface area (Å²) in [6.07, 6.45) is -0.175. The highest BCUT2D eigenvalue weighted by Crippen LogP contribution is 2.35. The number of halogens is 4. The van der Waals surface area contributed by atoms with E-state index in [0.717, 1.165) is 22.9 Å². The van der Waals surface area contributed by atoms with Gasteiger partial charge in [0.1, 0.15) is 17.7 Å². The summed E-state index contributed by atoms with van der Waals surface area (Å²) in [5.41, 5.74) is -0.867. The topological polar surface area (TPSA) is 57.9 Å². The third-order valence-corrected chi connectivity index (χ3v) is 5.26. The first-order valence-corrected chi connectivity index (χ1v) is 9.37. The van der Waals surface area contributed by atoms with Crippen molar-refractivity contribution in [3.63, 3.8) is 0 Å². The molecule has 0 spiro atoms. The molecule has 0 amide bonds. The summed E-state index contributed by atoms with van der Waals surface area (Å²) in [5, 5.41) is 13.9. The van der Waals surface area contributed by atoms with Gasteiger partial charge < -0.3 is 10.1 Å². The summed E-state index contributed by atoms with van der Waals surface area (Å²) in [4.78, 5) is 4.05. The molecule has 154 valence electrons. The lowest BCUT2D eigenvalue weighted by Gasteiger charge is -2.36. The Morgan fingerprint density at radius 2 is 1.97 bits per heavy atom. The third kappa shape index (κ3) is 4.07. The highest BCUT2D eigenvalue weighted by molar-refractivity contribution is 5.84. The number of alkyl halides is 3. The highest BCUT2D eigenvalue weighted by Gasteiger charge is 2.35. The zero-order valence-electron chi connectivity index (χ0n) is 15.7. The van der Waals surface area contributed by atoms with Crippen LogP contribution in [0.4, 0.5) is 17.6 Å². The molecule has 1 aromatic heterocycles. The number of nitriles is 1. The van der Waals surface area contributed by atoms with Crippen LogP contribution < -0.4 is 10.1 Å². The van der Waals surface area contributed by atoms with Gasteiger partial charge in [0.15, 0.2) is 0 Å². The second-order valence-corrected chi connectivity index (χ2v) is 7.23. The second-order valence-electron chi connectivity index (χ2n) is 7.23. The lowest BCUT2D eigenvalue weighted by molar-refractivity contribution is -0.137. The number of benzene rings is 2. The van der Waals surface area contributed by atoms with Crippen LogP contribution in [0.25, 0.3) is 10.8 Å². The summed E-state index contributed by atoms with van der Waals surface area (Å²) >= 11 is 0. The molecular formula is C22H17F4N3O. The molecule has 0 unspecified atom stereocenters. The molecule has 1 saturated carbocycles. The van der Waals surface area contributed by atoms with Crippen molar-refractivity contribution in [1.82, 2.24) is 10.3 Å². The molecular weight excluding hydrogens is 398 g/mol. The first-order chi connectivity index (χ1) is 14.3. The van der Waals surface area contributed by atoms with Gasteiger partial charge in [-0.3, -0.25) is 4.98 Å². The van der Waals surface area contributed by atoms with Crippen LogP contribution in [-0.2, 0) is 12.7 Å². The van der Waals surface area contributed by atoms with Crippen molar-refractivity contribution in [2.24, 2.45) is 0 Å².